The third-order valence-electron chi connectivity index (χ3n) is 3.65. The fourth-order valence-electron chi connectivity index (χ4n) is 2.62. The van der Waals surface area contributed by atoms with Gasteiger partial charge in [-0.25, -0.2) is 19.3 Å². The van der Waals surface area contributed by atoms with Gasteiger partial charge in [0.1, 0.15) is 5.65 Å². The molecule has 4 nitrogen and oxygen atoms in total. The van der Waals surface area contributed by atoms with Crippen LogP contribution in [-0.4, -0.2) is 14.5 Å². The number of pyridine rings is 1. The predicted octanol–water partition coefficient (Wildman–Crippen LogP) is 3.21. The molecule has 21 heavy (non-hydrogen) atoms. The minimum Gasteiger partial charge on any atom is -0.245 e. The van der Waals surface area contributed by atoms with E-state index in [4.69, 9.17) is 0 Å². The van der Waals surface area contributed by atoms with E-state index in [1.54, 1.807) is 17.0 Å². The van der Waals surface area contributed by atoms with Gasteiger partial charge in [0, 0.05) is 17.8 Å². The lowest BCUT2D eigenvalue weighted by Crippen LogP contribution is -2.24. The molecule has 0 N–H and O–H groups in total. The highest BCUT2D eigenvalue weighted by Crippen LogP contribution is 2.26. The van der Waals surface area contributed by atoms with Crippen LogP contribution >= 0.6 is 0 Å². The van der Waals surface area contributed by atoms with Gasteiger partial charge in [-0.3, -0.25) is 0 Å². The van der Waals surface area contributed by atoms with E-state index in [9.17, 15) is 4.79 Å². The normalized spacial score (nSPS) is 11.2. The van der Waals surface area contributed by atoms with E-state index in [0.29, 0.717) is 11.6 Å². The molecule has 0 aliphatic rings. The van der Waals surface area contributed by atoms with E-state index >= 15 is 0 Å². The largest absolute Gasteiger partial charge is 0.353 e. The molecule has 0 fully saturated rings. The molecule has 2 aromatic heterocycles. The summed E-state index contributed by atoms with van der Waals surface area (Å²) in [6.45, 7) is 6.25. The molecule has 1 aromatic carbocycles. The van der Waals surface area contributed by atoms with Crippen molar-refractivity contribution in [3.05, 3.63) is 64.3 Å². The Labute approximate surface area is 123 Å². The second kappa shape index (κ2) is 5.13. The summed E-state index contributed by atoms with van der Waals surface area (Å²) in [6.07, 6.45) is 3.28. The van der Waals surface area contributed by atoms with Gasteiger partial charge in [-0.15, -0.1) is 0 Å². The Morgan fingerprint density at radius 3 is 2.67 bits per heavy atom. The topological polar surface area (TPSA) is 47.8 Å². The minimum absolute atomic E-state index is 0.294. The summed E-state index contributed by atoms with van der Waals surface area (Å²) < 4.78 is 1.62. The van der Waals surface area contributed by atoms with Crippen LogP contribution in [-0.2, 0) is 0 Å². The maximum absolute atomic E-state index is 12.4. The first-order valence-corrected chi connectivity index (χ1v) is 7.02. The van der Waals surface area contributed by atoms with Crippen molar-refractivity contribution in [2.75, 3.05) is 0 Å². The molecule has 0 saturated carbocycles. The lowest BCUT2D eigenvalue weighted by molar-refractivity contribution is 0.829. The number of aromatic nitrogens is 3. The average molecular weight is 279 g/mol. The zero-order valence-electron chi connectivity index (χ0n) is 12.4. The second-order valence-corrected chi connectivity index (χ2v) is 5.46. The van der Waals surface area contributed by atoms with Crippen LogP contribution in [0.2, 0.25) is 0 Å². The van der Waals surface area contributed by atoms with Crippen molar-refractivity contribution in [3.8, 4) is 5.69 Å². The molecule has 4 heteroatoms. The highest BCUT2D eigenvalue weighted by atomic mass is 16.1. The molecule has 0 spiro atoms. The summed E-state index contributed by atoms with van der Waals surface area (Å²) in [4.78, 5) is 20.7. The molecular weight excluding hydrogens is 262 g/mol. The van der Waals surface area contributed by atoms with Crippen molar-refractivity contribution < 1.29 is 0 Å². The van der Waals surface area contributed by atoms with E-state index in [-0.39, 0.29) is 5.69 Å². The van der Waals surface area contributed by atoms with Crippen LogP contribution in [0.25, 0.3) is 16.7 Å². The molecule has 0 unspecified atom stereocenters. The number of rotatable bonds is 2. The minimum atomic E-state index is -0.294. The Bertz CT molecular complexity index is 865. The first-order valence-electron chi connectivity index (χ1n) is 7.02. The standard InChI is InChI=1S/C17H17N3O/c1-11(2)14-8-4-6-12(3)15(14)20-16-13(7-5-9-18-16)10-19-17(20)21/h4-11H,1-3H3. The Balaban J connectivity index is 2.47. The van der Waals surface area contributed by atoms with Crippen LogP contribution in [0.15, 0.2) is 47.5 Å². The summed E-state index contributed by atoms with van der Waals surface area (Å²) in [7, 11) is 0. The Kier molecular flexibility index (Phi) is 3.29. The zero-order chi connectivity index (χ0) is 15.0. The molecule has 0 atom stereocenters. The Morgan fingerprint density at radius 1 is 1.10 bits per heavy atom. The van der Waals surface area contributed by atoms with E-state index in [1.165, 1.54) is 0 Å². The Hall–Kier alpha value is -2.49. The van der Waals surface area contributed by atoms with Crippen molar-refractivity contribution in [1.29, 1.82) is 0 Å². The fourth-order valence-corrected chi connectivity index (χ4v) is 2.62. The van der Waals surface area contributed by atoms with Crippen LogP contribution in [0, 0.1) is 6.92 Å². The maximum Gasteiger partial charge on any atom is 0.353 e. The number of hydrogen-bond donors (Lipinski definition) is 0. The van der Waals surface area contributed by atoms with Crippen molar-refractivity contribution in [2.24, 2.45) is 0 Å². The average Bonchev–Trinajstić information content (AvgIpc) is 2.47. The van der Waals surface area contributed by atoms with Crippen LogP contribution in [0.4, 0.5) is 0 Å². The van der Waals surface area contributed by atoms with E-state index in [0.717, 1.165) is 22.2 Å². The SMILES string of the molecule is Cc1cccc(C(C)C)c1-n1c(=O)ncc2cccnc21. The van der Waals surface area contributed by atoms with Gasteiger partial charge >= 0.3 is 5.69 Å². The summed E-state index contributed by atoms with van der Waals surface area (Å²) in [5.74, 6) is 0.311. The van der Waals surface area contributed by atoms with Gasteiger partial charge in [-0.1, -0.05) is 32.0 Å². The quantitative estimate of drug-likeness (QED) is 0.723. The maximum atomic E-state index is 12.4. The molecule has 0 bridgehead atoms. The van der Waals surface area contributed by atoms with Crippen molar-refractivity contribution in [1.82, 2.24) is 14.5 Å². The summed E-state index contributed by atoms with van der Waals surface area (Å²) >= 11 is 0. The van der Waals surface area contributed by atoms with E-state index in [2.05, 4.69) is 29.9 Å². The number of aryl methyl sites for hydroxylation is 1. The van der Waals surface area contributed by atoms with Gasteiger partial charge in [0.2, 0.25) is 0 Å². The number of benzene rings is 1. The third-order valence-corrected chi connectivity index (χ3v) is 3.65. The summed E-state index contributed by atoms with van der Waals surface area (Å²) in [6, 6.07) is 9.85. The van der Waals surface area contributed by atoms with Crippen LogP contribution in [0.5, 0.6) is 0 Å². The molecule has 2 heterocycles. The molecule has 0 radical (unpaired) electrons. The second-order valence-electron chi connectivity index (χ2n) is 5.46. The fraction of sp³-hybridized carbons (Fsp3) is 0.235. The molecule has 0 aliphatic heterocycles. The molecule has 3 rings (SSSR count). The third kappa shape index (κ3) is 2.23. The molecule has 0 aliphatic carbocycles. The predicted molar refractivity (Wildman–Crippen MR) is 84.0 cm³/mol. The monoisotopic (exact) mass is 279 g/mol. The molecule has 3 aromatic rings. The first kappa shape index (κ1) is 13.5. The van der Waals surface area contributed by atoms with Gasteiger partial charge in [0.05, 0.1) is 5.69 Å². The molecule has 106 valence electrons. The lowest BCUT2D eigenvalue weighted by Gasteiger charge is -2.18. The lowest BCUT2D eigenvalue weighted by atomic mass is 9.98. The van der Waals surface area contributed by atoms with Crippen LogP contribution < -0.4 is 5.69 Å². The van der Waals surface area contributed by atoms with Crippen LogP contribution in [0.3, 0.4) is 0 Å². The van der Waals surface area contributed by atoms with Crippen molar-refractivity contribution >= 4 is 11.0 Å². The molecule has 0 amide bonds. The zero-order valence-corrected chi connectivity index (χ0v) is 12.4. The number of nitrogens with zero attached hydrogens (tertiary/aromatic N) is 3. The van der Waals surface area contributed by atoms with E-state index in [1.807, 2.05) is 31.2 Å². The number of hydrogen-bond acceptors (Lipinski definition) is 3. The van der Waals surface area contributed by atoms with Crippen LogP contribution in [0.1, 0.15) is 30.9 Å². The van der Waals surface area contributed by atoms with Crippen molar-refractivity contribution in [3.63, 3.8) is 0 Å². The Morgan fingerprint density at radius 2 is 1.90 bits per heavy atom. The highest BCUT2D eigenvalue weighted by molar-refractivity contribution is 5.76. The smallest absolute Gasteiger partial charge is 0.245 e. The van der Waals surface area contributed by atoms with Gasteiger partial charge in [0.15, 0.2) is 0 Å². The molecule has 0 saturated heterocycles. The summed E-state index contributed by atoms with van der Waals surface area (Å²) in [5, 5.41) is 0.857. The van der Waals surface area contributed by atoms with Gasteiger partial charge in [-0.05, 0) is 36.1 Å². The van der Waals surface area contributed by atoms with Gasteiger partial charge in [-0.2, -0.15) is 0 Å². The first-order chi connectivity index (χ1) is 10.1. The van der Waals surface area contributed by atoms with Gasteiger partial charge in [0.25, 0.3) is 0 Å². The van der Waals surface area contributed by atoms with Crippen molar-refractivity contribution in [2.45, 2.75) is 26.7 Å². The highest BCUT2D eigenvalue weighted by Gasteiger charge is 2.15. The number of para-hydroxylation sites is 1. The molecular formula is C17H17N3O. The van der Waals surface area contributed by atoms with E-state index < -0.39 is 0 Å². The number of fused-ring (bicyclic) bond motifs is 1. The van der Waals surface area contributed by atoms with Gasteiger partial charge < -0.3 is 0 Å². The summed E-state index contributed by atoms with van der Waals surface area (Å²) in [5.41, 5.74) is 3.42.